The van der Waals surface area contributed by atoms with E-state index in [9.17, 15) is 33.7 Å². The van der Waals surface area contributed by atoms with Crippen molar-refractivity contribution in [3.05, 3.63) is 36.4 Å². The highest BCUT2D eigenvalue weighted by atomic mass is 32.2. The Bertz CT molecular complexity index is 1290. The molecule has 0 saturated heterocycles. The van der Waals surface area contributed by atoms with Crippen LogP contribution in [0, 0.1) is 0 Å². The first-order valence-corrected chi connectivity index (χ1v) is 12.7. The quantitative estimate of drug-likeness (QED) is 0.226. The summed E-state index contributed by atoms with van der Waals surface area (Å²) in [5.41, 5.74) is 9.45. The molecule has 0 bridgehead atoms. The number of benzene rings is 2. The fourth-order valence-electron chi connectivity index (χ4n) is 2.02. The molecule has 0 aliphatic heterocycles. The summed E-state index contributed by atoms with van der Waals surface area (Å²) in [4.78, 5) is -3.95. The zero-order valence-electron chi connectivity index (χ0n) is 14.3. The van der Waals surface area contributed by atoms with E-state index >= 15 is 0 Å². The monoisotopic (exact) mass is 506 g/mol. The van der Waals surface area contributed by atoms with Crippen LogP contribution in [0.3, 0.4) is 0 Å². The van der Waals surface area contributed by atoms with Crippen molar-refractivity contribution in [3.8, 4) is 0 Å². The first kappa shape index (κ1) is 25.7. The third-order valence-corrected chi connectivity index (χ3v) is 7.08. The average molecular weight is 507 g/mol. The maximum atomic E-state index is 10.8. The molecule has 0 saturated carbocycles. The van der Waals surface area contributed by atoms with E-state index in [1.54, 1.807) is 0 Å². The van der Waals surface area contributed by atoms with Crippen LogP contribution in [0.15, 0.2) is 56.0 Å². The summed E-state index contributed by atoms with van der Waals surface area (Å²) in [6, 6.07) is 6.05. The minimum absolute atomic E-state index is 0.465. The van der Waals surface area contributed by atoms with Crippen LogP contribution in [0.25, 0.3) is 0 Å². The van der Waals surface area contributed by atoms with E-state index in [1.807, 2.05) is 0 Å². The summed E-state index contributed by atoms with van der Waals surface area (Å²) in [6.45, 7) is 0. The highest BCUT2D eigenvalue weighted by Crippen LogP contribution is 2.27. The van der Waals surface area contributed by atoms with Crippen molar-refractivity contribution < 1.29 is 51.9 Å². The lowest BCUT2D eigenvalue weighted by Crippen LogP contribution is -2.10. The van der Waals surface area contributed by atoms with Crippen LogP contribution < -0.4 is 11.5 Å². The Kier molecular flexibility index (Phi) is 7.23. The van der Waals surface area contributed by atoms with Crippen molar-refractivity contribution in [2.24, 2.45) is 0 Å². The van der Waals surface area contributed by atoms with Crippen LogP contribution in [0.4, 0.5) is 11.4 Å². The molecular formula is C12H14N2O12S4. The van der Waals surface area contributed by atoms with Gasteiger partial charge in [-0.15, -0.1) is 0 Å². The molecule has 0 heterocycles. The summed E-state index contributed by atoms with van der Waals surface area (Å²) < 4.78 is 121. The van der Waals surface area contributed by atoms with E-state index in [-0.39, 0.29) is 0 Å². The largest absolute Gasteiger partial charge is 0.398 e. The lowest BCUT2D eigenvalue weighted by molar-refractivity contribution is 0.467. The average Bonchev–Trinajstić information content (AvgIpc) is 2.51. The van der Waals surface area contributed by atoms with Gasteiger partial charge >= 0.3 is 0 Å². The van der Waals surface area contributed by atoms with Gasteiger partial charge in [-0.25, -0.2) is 0 Å². The highest BCUT2D eigenvalue weighted by molar-refractivity contribution is 7.89. The molecule has 0 fully saturated rings. The Morgan fingerprint density at radius 2 is 0.767 bits per heavy atom. The number of hydrogen-bond donors (Lipinski definition) is 6. The first-order chi connectivity index (χ1) is 13.3. The summed E-state index contributed by atoms with van der Waals surface area (Å²) in [7, 11) is -19.1. The smallest absolute Gasteiger partial charge is 0.297 e. The molecule has 0 aliphatic rings. The Hall–Kier alpha value is -2.32. The second kappa shape index (κ2) is 8.43. The molecule has 0 aromatic heterocycles. The highest BCUT2D eigenvalue weighted by Gasteiger charge is 2.26. The van der Waals surface area contributed by atoms with Crippen molar-refractivity contribution in [2.75, 3.05) is 11.5 Å². The van der Waals surface area contributed by atoms with Gasteiger partial charge in [-0.1, -0.05) is 12.1 Å². The van der Waals surface area contributed by atoms with Crippen LogP contribution in [-0.4, -0.2) is 51.9 Å². The van der Waals surface area contributed by atoms with E-state index in [0.29, 0.717) is 0 Å². The van der Waals surface area contributed by atoms with E-state index in [0.717, 1.165) is 36.4 Å². The summed E-state index contributed by atoms with van der Waals surface area (Å²) >= 11 is 0. The second-order valence-corrected chi connectivity index (χ2v) is 10.7. The lowest BCUT2D eigenvalue weighted by Gasteiger charge is -2.06. The molecule has 0 radical (unpaired) electrons. The van der Waals surface area contributed by atoms with Gasteiger partial charge in [0.25, 0.3) is 40.5 Å². The normalized spacial score (nSPS) is 12.7. The molecule has 2 aromatic rings. The molecule has 0 amide bonds. The van der Waals surface area contributed by atoms with Gasteiger partial charge < -0.3 is 11.5 Å². The van der Waals surface area contributed by atoms with Crippen LogP contribution in [0.1, 0.15) is 0 Å². The molecule has 0 atom stereocenters. The maximum Gasteiger partial charge on any atom is 0.297 e. The molecule has 14 nitrogen and oxygen atoms in total. The van der Waals surface area contributed by atoms with E-state index < -0.39 is 71.4 Å². The minimum Gasteiger partial charge on any atom is -0.398 e. The number of rotatable bonds is 4. The standard InChI is InChI=1S/2C6H7NO6S2/c2*7-4-2-1-3-5(14(8,9)10)6(4)15(11,12)13/h2*1-3H,7H2,(H,8,9,10)(H,11,12,13). The topological polar surface area (TPSA) is 270 Å². The Labute approximate surface area is 171 Å². The number of nitrogen functional groups attached to an aromatic ring is 2. The molecule has 8 N–H and O–H groups in total. The predicted octanol–water partition coefficient (Wildman–Crippen LogP) is -0.476. The van der Waals surface area contributed by atoms with Gasteiger partial charge in [-0.05, 0) is 24.3 Å². The number of anilines is 2. The third kappa shape index (κ3) is 6.34. The molecule has 2 rings (SSSR count). The van der Waals surface area contributed by atoms with Crippen molar-refractivity contribution >= 4 is 51.8 Å². The zero-order valence-corrected chi connectivity index (χ0v) is 17.6. The molecule has 30 heavy (non-hydrogen) atoms. The molecule has 2 aromatic carbocycles. The van der Waals surface area contributed by atoms with Crippen LogP contribution in [0.5, 0.6) is 0 Å². The second-order valence-electron chi connectivity index (χ2n) is 5.25. The van der Waals surface area contributed by atoms with E-state index in [4.69, 9.17) is 29.7 Å². The summed E-state index contributed by atoms with van der Waals surface area (Å²) in [6.07, 6.45) is 0. The van der Waals surface area contributed by atoms with Crippen LogP contribution >= 0.6 is 0 Å². The SMILES string of the molecule is Nc1cccc(S(=O)(=O)O)c1S(=O)(=O)O.Nc1cccc(S(=O)(=O)O)c1S(=O)(=O)O. The Morgan fingerprint density at radius 3 is 0.933 bits per heavy atom. The lowest BCUT2D eigenvalue weighted by atomic mass is 10.3. The summed E-state index contributed by atoms with van der Waals surface area (Å²) in [5.74, 6) is 0. The Balaban J connectivity index is 0.000000300. The van der Waals surface area contributed by atoms with Gasteiger partial charge in [0.2, 0.25) is 0 Å². The maximum absolute atomic E-state index is 10.8. The number of hydrogen-bond acceptors (Lipinski definition) is 10. The van der Waals surface area contributed by atoms with Crippen LogP contribution in [-0.2, 0) is 40.5 Å². The van der Waals surface area contributed by atoms with Gasteiger partial charge in [-0.3, -0.25) is 18.2 Å². The minimum atomic E-state index is -4.81. The van der Waals surface area contributed by atoms with Crippen LogP contribution in [0.2, 0.25) is 0 Å². The number of nitrogens with two attached hydrogens (primary N) is 2. The van der Waals surface area contributed by atoms with Gasteiger partial charge in [-0.2, -0.15) is 33.7 Å². The molecule has 18 heteroatoms. The van der Waals surface area contributed by atoms with Gasteiger partial charge in [0.05, 0.1) is 11.4 Å². The predicted molar refractivity (Wildman–Crippen MR) is 101 cm³/mol. The first-order valence-electron chi connectivity index (χ1n) is 6.95. The molecular weight excluding hydrogens is 492 g/mol. The fraction of sp³-hybridized carbons (Fsp3) is 0. The molecule has 0 aliphatic carbocycles. The zero-order chi connectivity index (χ0) is 23.7. The Morgan fingerprint density at radius 1 is 0.500 bits per heavy atom. The molecule has 0 unspecified atom stereocenters. The van der Waals surface area contributed by atoms with Crippen molar-refractivity contribution in [1.82, 2.24) is 0 Å². The van der Waals surface area contributed by atoms with Gasteiger partial charge in [0.1, 0.15) is 19.6 Å². The molecule has 0 spiro atoms. The summed E-state index contributed by atoms with van der Waals surface area (Å²) in [5, 5.41) is 0. The van der Waals surface area contributed by atoms with E-state index in [1.165, 1.54) is 0 Å². The fourth-order valence-corrected chi connectivity index (χ4v) is 5.87. The van der Waals surface area contributed by atoms with Gasteiger partial charge in [0.15, 0.2) is 0 Å². The van der Waals surface area contributed by atoms with E-state index in [2.05, 4.69) is 0 Å². The molecule has 168 valence electrons. The van der Waals surface area contributed by atoms with Crippen molar-refractivity contribution in [2.45, 2.75) is 19.6 Å². The van der Waals surface area contributed by atoms with Crippen molar-refractivity contribution in [1.29, 1.82) is 0 Å². The van der Waals surface area contributed by atoms with Crippen molar-refractivity contribution in [3.63, 3.8) is 0 Å². The van der Waals surface area contributed by atoms with Gasteiger partial charge in [0, 0.05) is 0 Å². The third-order valence-electron chi connectivity index (χ3n) is 3.09.